The Morgan fingerprint density at radius 3 is 2.00 bits per heavy atom. The van der Waals surface area contributed by atoms with Crippen LogP contribution in [0.1, 0.15) is 5.56 Å². The van der Waals surface area contributed by atoms with Gasteiger partial charge in [0, 0.05) is 0 Å². The van der Waals surface area contributed by atoms with Crippen molar-refractivity contribution in [1.82, 2.24) is 0 Å². The summed E-state index contributed by atoms with van der Waals surface area (Å²) < 4.78 is 0. The summed E-state index contributed by atoms with van der Waals surface area (Å²) in [6.07, 6.45) is 0. The van der Waals surface area contributed by atoms with E-state index in [0.29, 0.717) is 0 Å². The first-order chi connectivity index (χ1) is 3.93. The molecule has 0 spiro atoms. The molecule has 0 aromatic heterocycles. The van der Waals surface area contributed by atoms with Gasteiger partial charge in [0.2, 0.25) is 0 Å². The predicted octanol–water partition coefficient (Wildman–Crippen LogP) is 2.35. The molecule has 0 radical (unpaired) electrons. The number of halogens is 1. The zero-order valence-electron chi connectivity index (χ0n) is 5.21. The molecule has 0 N–H and O–H groups in total. The van der Waals surface area contributed by atoms with E-state index in [-0.39, 0.29) is 24.0 Å². The number of rotatable bonds is 1. The second-order valence-electron chi connectivity index (χ2n) is 1.74. The monoisotopic (exact) mass is 283 g/mol. The molecule has 1 aromatic carbocycles. The molecule has 0 bridgehead atoms. The summed E-state index contributed by atoms with van der Waals surface area (Å²) >= 11 is 1.37. The summed E-state index contributed by atoms with van der Waals surface area (Å²) in [5.74, 6) is 0. The van der Waals surface area contributed by atoms with Crippen LogP contribution in [0.3, 0.4) is 0 Å². The Balaban J connectivity index is 0.000000640. The third-order valence-corrected chi connectivity index (χ3v) is 2.34. The van der Waals surface area contributed by atoms with Crippen molar-refractivity contribution >= 4 is 24.0 Å². The van der Waals surface area contributed by atoms with Crippen molar-refractivity contribution < 1.29 is 18.3 Å². The molecule has 0 fully saturated rings. The van der Waals surface area contributed by atoms with Crippen molar-refractivity contribution in [3.05, 3.63) is 35.9 Å². The van der Waals surface area contributed by atoms with Crippen molar-refractivity contribution in [3.8, 4) is 0 Å². The molecule has 0 unspecified atom stereocenters. The molecule has 0 nitrogen and oxygen atoms in total. The molecule has 2 heteroatoms. The normalized spacial score (nSPS) is 8.22. The Hall–Kier alpha value is 0.573. The molecule has 0 atom stereocenters. The van der Waals surface area contributed by atoms with Crippen LogP contribution in [-0.4, -0.2) is 0 Å². The van der Waals surface area contributed by atoms with E-state index in [1.54, 1.807) is 0 Å². The van der Waals surface area contributed by atoms with Gasteiger partial charge in [0.25, 0.3) is 0 Å². The Labute approximate surface area is 82.7 Å². The van der Waals surface area contributed by atoms with Gasteiger partial charge in [-0.15, -0.1) is 24.0 Å². The van der Waals surface area contributed by atoms with Gasteiger partial charge in [0.15, 0.2) is 0 Å². The van der Waals surface area contributed by atoms with Crippen LogP contribution in [0.4, 0.5) is 0 Å². The fourth-order valence-corrected chi connectivity index (χ4v) is 1.34. The van der Waals surface area contributed by atoms with Crippen molar-refractivity contribution in [2.75, 3.05) is 0 Å². The van der Waals surface area contributed by atoms with Crippen LogP contribution >= 0.6 is 24.0 Å². The van der Waals surface area contributed by atoms with Crippen LogP contribution in [0.2, 0.25) is 0 Å². The van der Waals surface area contributed by atoms with Gasteiger partial charge < -0.3 is 0 Å². The minimum atomic E-state index is 0. The summed E-state index contributed by atoms with van der Waals surface area (Å²) in [6, 6.07) is 10.6. The van der Waals surface area contributed by atoms with E-state index in [9.17, 15) is 0 Å². The van der Waals surface area contributed by atoms with Crippen LogP contribution in [0, 0.1) is 0 Å². The molecule has 0 saturated carbocycles. The van der Waals surface area contributed by atoms with Gasteiger partial charge >= 0.3 is 59.2 Å². The van der Waals surface area contributed by atoms with E-state index >= 15 is 0 Å². The fourth-order valence-electron chi connectivity index (χ4n) is 0.645. The molecule has 45 valence electrons. The van der Waals surface area contributed by atoms with Gasteiger partial charge in [0.1, 0.15) is 0 Å². The summed E-state index contributed by atoms with van der Waals surface area (Å²) in [6.45, 7) is 0. The van der Waals surface area contributed by atoms with E-state index in [4.69, 9.17) is 0 Å². The molecular weight excluding hydrogens is 276 g/mol. The number of hydrogen-bond donors (Lipinski definition) is 0. The topological polar surface area (TPSA) is 0 Å². The molecule has 1 aromatic rings. The second-order valence-corrected chi connectivity index (χ2v) is 2.78. The average molecular weight is 284 g/mol. The van der Waals surface area contributed by atoms with Crippen molar-refractivity contribution in [3.63, 3.8) is 0 Å². The molecule has 9 heavy (non-hydrogen) atoms. The van der Waals surface area contributed by atoms with Gasteiger partial charge in [0.05, 0.1) is 0 Å². The SMILES string of the molecule is I.[Zn][CH2]c1ccccc1. The Bertz CT molecular complexity index is 150. The van der Waals surface area contributed by atoms with Crippen LogP contribution in [0.5, 0.6) is 0 Å². The average Bonchev–Trinajstić information content (AvgIpc) is 1.90. The summed E-state index contributed by atoms with van der Waals surface area (Å²) in [7, 11) is 0. The Morgan fingerprint density at radius 2 is 1.67 bits per heavy atom. The zero-order chi connectivity index (χ0) is 5.82. The summed E-state index contributed by atoms with van der Waals surface area (Å²) in [4.78, 5) is 0. The molecule has 0 aliphatic heterocycles. The van der Waals surface area contributed by atoms with Gasteiger partial charge in [-0.3, -0.25) is 0 Å². The van der Waals surface area contributed by atoms with Gasteiger partial charge in [-0.2, -0.15) is 0 Å². The fraction of sp³-hybridized carbons (Fsp3) is 0.143. The van der Waals surface area contributed by atoms with E-state index < -0.39 is 0 Å². The maximum atomic E-state index is 2.17. The molecule has 0 aliphatic rings. The van der Waals surface area contributed by atoms with Gasteiger partial charge in [-0.05, 0) is 0 Å². The van der Waals surface area contributed by atoms with E-state index in [1.165, 1.54) is 28.9 Å². The van der Waals surface area contributed by atoms with Crippen molar-refractivity contribution in [2.45, 2.75) is 5.02 Å². The third kappa shape index (κ3) is 3.31. The molecule has 1 rings (SSSR count). The first-order valence-electron chi connectivity index (χ1n) is 2.76. The van der Waals surface area contributed by atoms with Gasteiger partial charge in [-0.25, -0.2) is 0 Å². The Morgan fingerprint density at radius 1 is 1.11 bits per heavy atom. The summed E-state index contributed by atoms with van der Waals surface area (Å²) in [5, 5.41) is 1.26. The summed E-state index contributed by atoms with van der Waals surface area (Å²) in [5.41, 5.74) is 1.47. The second kappa shape index (κ2) is 5.37. The van der Waals surface area contributed by atoms with Crippen LogP contribution in [-0.2, 0) is 23.3 Å². The Kier molecular flexibility index (Phi) is 5.71. The van der Waals surface area contributed by atoms with Gasteiger partial charge in [-0.1, -0.05) is 0 Å². The molecule has 0 aliphatic carbocycles. The van der Waals surface area contributed by atoms with Crippen molar-refractivity contribution in [1.29, 1.82) is 0 Å². The maximum absolute atomic E-state index is 2.17. The molecule has 0 amide bonds. The van der Waals surface area contributed by atoms with E-state index in [1.807, 2.05) is 0 Å². The van der Waals surface area contributed by atoms with E-state index in [2.05, 4.69) is 30.3 Å². The first-order valence-corrected chi connectivity index (χ1v) is 4.86. The van der Waals surface area contributed by atoms with Crippen LogP contribution in [0.25, 0.3) is 0 Å². The predicted molar refractivity (Wildman–Crippen MR) is 45.6 cm³/mol. The standard InChI is InChI=1S/C7H7.HI.Zn/c1-7-5-3-2-4-6-7;;/h2-6H,1H2;1H;. The minimum absolute atomic E-state index is 0. The molecule has 0 saturated heterocycles. The number of benzene rings is 1. The van der Waals surface area contributed by atoms with Crippen LogP contribution < -0.4 is 0 Å². The molecular formula is C7H8IZn. The van der Waals surface area contributed by atoms with Crippen LogP contribution in [0.15, 0.2) is 30.3 Å². The first kappa shape index (κ1) is 9.57. The van der Waals surface area contributed by atoms with Crippen molar-refractivity contribution in [2.24, 2.45) is 0 Å². The quantitative estimate of drug-likeness (QED) is 0.548. The third-order valence-electron chi connectivity index (χ3n) is 1.13. The van der Waals surface area contributed by atoms with E-state index in [0.717, 1.165) is 0 Å². The molecule has 0 heterocycles. The zero-order valence-corrected chi connectivity index (χ0v) is 10.5. The number of hydrogen-bond acceptors (Lipinski definition) is 0.